The van der Waals surface area contributed by atoms with Crippen LogP contribution in [0.4, 0.5) is 0 Å². The Balaban J connectivity index is 1.50. The fourth-order valence-electron chi connectivity index (χ4n) is 3.71. The minimum atomic E-state index is 0.0707. The number of nitrogens with one attached hydrogen (secondary N) is 3. The second-order valence-electron chi connectivity index (χ2n) is 7.20. The van der Waals surface area contributed by atoms with Gasteiger partial charge in [0.05, 0.1) is 34.2 Å². The number of Topliss-reactive ketones (excluding diaryl/α,β-unsaturated/α-hetero) is 1. The molecule has 0 amide bonds. The van der Waals surface area contributed by atoms with E-state index in [1.54, 1.807) is 25.5 Å². The topological polar surface area (TPSA) is 116 Å². The fraction of sp³-hybridized carbons (Fsp3) is 0.0455. The van der Waals surface area contributed by atoms with Gasteiger partial charge in [0.25, 0.3) is 0 Å². The molecule has 6 aromatic heterocycles. The maximum atomic E-state index is 11.7. The van der Waals surface area contributed by atoms with Crippen LogP contribution in [0.1, 0.15) is 16.6 Å². The highest BCUT2D eigenvalue weighted by atomic mass is 32.1. The van der Waals surface area contributed by atoms with E-state index in [0.717, 1.165) is 59.9 Å². The lowest BCUT2D eigenvalue weighted by Crippen LogP contribution is -1.83. The number of hydrogen-bond donors (Lipinski definition) is 3. The third-order valence-corrected chi connectivity index (χ3v) is 6.47. The average Bonchev–Trinajstić information content (AvgIpc) is 3.58. The van der Waals surface area contributed by atoms with Crippen molar-refractivity contribution in [1.82, 2.24) is 35.3 Å². The number of thiophene rings is 1. The zero-order valence-electron chi connectivity index (χ0n) is 16.3. The number of aromatic nitrogens is 7. The summed E-state index contributed by atoms with van der Waals surface area (Å²) < 4.78 is 0. The van der Waals surface area contributed by atoms with E-state index in [2.05, 4.69) is 41.4 Å². The number of carbonyl (C=O) groups is 1. The Morgan fingerprint density at radius 3 is 2.81 bits per heavy atom. The first-order chi connectivity index (χ1) is 15.2. The van der Waals surface area contributed by atoms with Crippen LogP contribution in [0.15, 0.2) is 55.1 Å². The van der Waals surface area contributed by atoms with Crippen molar-refractivity contribution in [1.29, 1.82) is 0 Å². The van der Waals surface area contributed by atoms with Crippen molar-refractivity contribution in [2.75, 3.05) is 0 Å². The Hall–Kier alpha value is -4.11. The van der Waals surface area contributed by atoms with Gasteiger partial charge in [-0.1, -0.05) is 0 Å². The first-order valence-electron chi connectivity index (χ1n) is 9.60. The lowest BCUT2D eigenvalue weighted by molar-refractivity contribution is 0.102. The lowest BCUT2D eigenvalue weighted by atomic mass is 10.1. The van der Waals surface area contributed by atoms with E-state index in [9.17, 15) is 4.79 Å². The van der Waals surface area contributed by atoms with Crippen LogP contribution in [0.2, 0.25) is 0 Å². The highest BCUT2D eigenvalue weighted by Crippen LogP contribution is 2.36. The number of H-pyrrole nitrogens is 3. The van der Waals surface area contributed by atoms with Crippen molar-refractivity contribution >= 4 is 39.1 Å². The molecule has 0 radical (unpaired) electrons. The van der Waals surface area contributed by atoms with Crippen LogP contribution in [-0.2, 0) is 0 Å². The van der Waals surface area contributed by atoms with E-state index in [1.807, 2.05) is 30.5 Å². The minimum absolute atomic E-state index is 0.0707. The van der Waals surface area contributed by atoms with Gasteiger partial charge in [-0.25, -0.2) is 4.98 Å². The van der Waals surface area contributed by atoms with E-state index in [1.165, 1.54) is 11.3 Å². The summed E-state index contributed by atoms with van der Waals surface area (Å²) in [5.41, 5.74) is 6.02. The smallest absolute Gasteiger partial charge is 0.169 e. The van der Waals surface area contributed by atoms with Crippen LogP contribution < -0.4 is 0 Å². The van der Waals surface area contributed by atoms with Gasteiger partial charge in [-0.15, -0.1) is 11.3 Å². The molecule has 0 bridgehead atoms. The van der Waals surface area contributed by atoms with Gasteiger partial charge in [0, 0.05) is 39.2 Å². The van der Waals surface area contributed by atoms with E-state index < -0.39 is 0 Å². The number of carbonyl (C=O) groups excluding carboxylic acids is 1. The predicted octanol–water partition coefficient (Wildman–Crippen LogP) is 4.82. The highest BCUT2D eigenvalue weighted by Gasteiger charge is 2.16. The van der Waals surface area contributed by atoms with Gasteiger partial charge in [0.15, 0.2) is 5.78 Å². The van der Waals surface area contributed by atoms with Gasteiger partial charge < -0.3 is 4.98 Å². The molecule has 6 rings (SSSR count). The molecule has 0 aliphatic heterocycles. The molecule has 0 aliphatic rings. The van der Waals surface area contributed by atoms with Crippen molar-refractivity contribution in [2.45, 2.75) is 6.92 Å². The highest BCUT2D eigenvalue weighted by molar-refractivity contribution is 7.17. The fourth-order valence-corrected chi connectivity index (χ4v) is 4.65. The third-order valence-electron chi connectivity index (χ3n) is 5.25. The first-order valence-corrected chi connectivity index (χ1v) is 10.4. The number of hydrogen-bond acceptors (Lipinski definition) is 6. The van der Waals surface area contributed by atoms with Gasteiger partial charge in [0.2, 0.25) is 0 Å². The molecule has 0 saturated heterocycles. The first kappa shape index (κ1) is 17.7. The molecule has 0 spiro atoms. The standard InChI is InChI=1S/C22H15N7OS/c1-11(30)19-2-3-20(31-19)13-4-5-23-22-14(13)6-17(27-22)21-15-7-16(12-8-25-26-9-12)24-10-18(15)28-29-21/h2-10H,1H3,(H,23,27)(H,25,26)(H,28,29). The molecular formula is C22H15N7OS. The Morgan fingerprint density at radius 2 is 2.00 bits per heavy atom. The molecule has 0 fully saturated rings. The zero-order valence-corrected chi connectivity index (χ0v) is 17.1. The van der Waals surface area contributed by atoms with Crippen LogP contribution in [0.25, 0.3) is 55.0 Å². The Morgan fingerprint density at radius 1 is 1.06 bits per heavy atom. The van der Waals surface area contributed by atoms with Crippen LogP contribution in [0, 0.1) is 0 Å². The van der Waals surface area contributed by atoms with Crippen LogP contribution in [0.5, 0.6) is 0 Å². The molecule has 31 heavy (non-hydrogen) atoms. The van der Waals surface area contributed by atoms with Gasteiger partial charge in [-0.2, -0.15) is 10.2 Å². The Kier molecular flexibility index (Phi) is 3.84. The second kappa shape index (κ2) is 6.71. The molecule has 9 heteroatoms. The summed E-state index contributed by atoms with van der Waals surface area (Å²) in [6.45, 7) is 1.58. The molecular weight excluding hydrogens is 410 g/mol. The summed E-state index contributed by atoms with van der Waals surface area (Å²) in [5, 5.41) is 16.3. The van der Waals surface area contributed by atoms with Gasteiger partial charge in [-0.05, 0) is 37.3 Å². The van der Waals surface area contributed by atoms with Crippen molar-refractivity contribution in [2.24, 2.45) is 0 Å². The van der Waals surface area contributed by atoms with Crippen LogP contribution in [-0.4, -0.2) is 41.1 Å². The maximum absolute atomic E-state index is 11.7. The van der Waals surface area contributed by atoms with E-state index in [-0.39, 0.29) is 5.78 Å². The molecule has 6 aromatic rings. The van der Waals surface area contributed by atoms with E-state index >= 15 is 0 Å². The van der Waals surface area contributed by atoms with Gasteiger partial charge >= 0.3 is 0 Å². The minimum Gasteiger partial charge on any atom is -0.338 e. The summed E-state index contributed by atoms with van der Waals surface area (Å²) in [4.78, 5) is 25.9. The quantitative estimate of drug-likeness (QED) is 0.350. The normalized spacial score (nSPS) is 11.5. The summed E-state index contributed by atoms with van der Waals surface area (Å²) in [6, 6.07) is 9.87. The van der Waals surface area contributed by atoms with Crippen molar-refractivity contribution in [3.05, 3.63) is 60.0 Å². The molecule has 0 saturated carbocycles. The molecule has 150 valence electrons. The molecule has 3 N–H and O–H groups in total. The zero-order chi connectivity index (χ0) is 20.9. The lowest BCUT2D eigenvalue weighted by Gasteiger charge is -1.98. The van der Waals surface area contributed by atoms with Crippen molar-refractivity contribution in [3.63, 3.8) is 0 Å². The van der Waals surface area contributed by atoms with Crippen LogP contribution in [0.3, 0.4) is 0 Å². The SMILES string of the molecule is CC(=O)c1ccc(-c2ccnc3[nH]c(-c4n[nH]c5cnc(-c6cn[nH]c6)cc45)cc23)s1. The largest absolute Gasteiger partial charge is 0.338 e. The summed E-state index contributed by atoms with van der Waals surface area (Å²) in [7, 11) is 0. The number of ketones is 1. The molecule has 0 aliphatic carbocycles. The number of nitrogens with zero attached hydrogens (tertiary/aromatic N) is 4. The number of aromatic amines is 3. The molecule has 0 unspecified atom stereocenters. The summed E-state index contributed by atoms with van der Waals surface area (Å²) >= 11 is 1.49. The average molecular weight is 425 g/mol. The van der Waals surface area contributed by atoms with E-state index in [4.69, 9.17) is 0 Å². The summed E-state index contributed by atoms with van der Waals surface area (Å²) in [5.74, 6) is 0.0707. The Labute approximate surface area is 179 Å². The monoisotopic (exact) mass is 425 g/mol. The molecule has 8 nitrogen and oxygen atoms in total. The maximum Gasteiger partial charge on any atom is 0.169 e. The number of pyridine rings is 2. The molecule has 0 aromatic carbocycles. The van der Waals surface area contributed by atoms with Crippen molar-refractivity contribution in [3.8, 4) is 33.1 Å². The number of rotatable bonds is 4. The Bertz CT molecular complexity index is 1570. The van der Waals surface area contributed by atoms with Crippen LogP contribution >= 0.6 is 11.3 Å². The van der Waals surface area contributed by atoms with Gasteiger partial charge in [-0.3, -0.25) is 20.0 Å². The predicted molar refractivity (Wildman–Crippen MR) is 120 cm³/mol. The van der Waals surface area contributed by atoms with E-state index in [0.29, 0.717) is 0 Å². The second-order valence-corrected chi connectivity index (χ2v) is 8.28. The number of fused-ring (bicyclic) bond motifs is 2. The summed E-state index contributed by atoms with van der Waals surface area (Å²) in [6.07, 6.45) is 7.09. The van der Waals surface area contributed by atoms with Gasteiger partial charge in [0.1, 0.15) is 11.3 Å². The molecule has 6 heterocycles. The molecule has 0 atom stereocenters. The third kappa shape index (κ3) is 2.86. The van der Waals surface area contributed by atoms with Crippen molar-refractivity contribution < 1.29 is 4.79 Å².